The molecule has 0 spiro atoms. The largest absolute Gasteiger partial charge is 0.380 e. The molecule has 3 aromatic rings. The van der Waals surface area contributed by atoms with Gasteiger partial charge in [-0.3, -0.25) is 9.78 Å². The number of pyridine rings is 1. The Morgan fingerprint density at radius 1 is 1.23 bits per heavy atom. The van der Waals surface area contributed by atoms with E-state index in [1.165, 1.54) is 6.42 Å². The van der Waals surface area contributed by atoms with E-state index in [2.05, 4.69) is 34.1 Å². The molecule has 2 aromatic heterocycles. The normalized spacial score (nSPS) is 11.9. The number of fused-ring (bicyclic) bond motifs is 1. The van der Waals surface area contributed by atoms with Crippen LogP contribution in [0, 0.1) is 12.8 Å². The van der Waals surface area contributed by atoms with Crippen molar-refractivity contribution >= 4 is 16.9 Å². The van der Waals surface area contributed by atoms with Crippen LogP contribution in [0.15, 0.2) is 36.5 Å². The van der Waals surface area contributed by atoms with E-state index in [1.54, 1.807) is 18.3 Å². The number of carbonyl (C=O) groups is 1. The van der Waals surface area contributed by atoms with Crippen LogP contribution >= 0.6 is 0 Å². The van der Waals surface area contributed by atoms with Crippen molar-refractivity contribution in [1.82, 2.24) is 20.3 Å². The van der Waals surface area contributed by atoms with E-state index in [-0.39, 0.29) is 0 Å². The number of hydrogen-bond donors (Lipinski definition) is 3. The third-order valence-electron chi connectivity index (χ3n) is 4.90. The fourth-order valence-corrected chi connectivity index (χ4v) is 3.33. The number of aryl methyl sites for hydroxylation is 1. The van der Waals surface area contributed by atoms with Gasteiger partial charge in [-0.15, -0.1) is 0 Å². The number of nitrogens with two attached hydrogens (primary N) is 1. The van der Waals surface area contributed by atoms with Crippen LogP contribution < -0.4 is 11.1 Å². The Balaban J connectivity index is 0.000000267. The number of H-pyrrole nitrogens is 1. The van der Waals surface area contributed by atoms with Gasteiger partial charge in [-0.05, 0) is 57.0 Å². The minimum Gasteiger partial charge on any atom is -0.380 e. The van der Waals surface area contributed by atoms with Gasteiger partial charge in [0.25, 0.3) is 0 Å². The Bertz CT molecular complexity index is 950. The summed E-state index contributed by atoms with van der Waals surface area (Å²) in [4.78, 5) is 23.1. The lowest BCUT2D eigenvalue weighted by Gasteiger charge is -2.17. The molecule has 0 bridgehead atoms. The standard InChI is InChI=1S/C15H14N4O.C9H21NO/c1-9-18-12-6-7-17-13(14(12)19-9)8-10-2-4-11(5-3-10)15(16)20;1-5-11-7-9(10-4)6-8(2)3/h2-7H,8H2,1H3,(H2,16,20)(H,18,19);8-10H,5-7H2,1-4H3/t;9-/m.0/s1. The monoisotopic (exact) mass is 425 g/mol. The SMILES string of the molecule is CCOC[C@H](CC(C)C)NC.Cc1nc2ccnc(Cc3ccc(C(N)=O)cc3)c2[nH]1. The molecule has 3 rings (SSSR count). The molecule has 4 N–H and O–H groups in total. The van der Waals surface area contributed by atoms with E-state index in [4.69, 9.17) is 10.5 Å². The zero-order valence-electron chi connectivity index (χ0n) is 19.2. The molecule has 1 amide bonds. The van der Waals surface area contributed by atoms with Gasteiger partial charge >= 0.3 is 0 Å². The first-order valence-electron chi connectivity index (χ1n) is 10.8. The molecule has 0 radical (unpaired) electrons. The number of primary amides is 1. The summed E-state index contributed by atoms with van der Waals surface area (Å²) in [6.07, 6.45) is 3.63. The third-order valence-corrected chi connectivity index (χ3v) is 4.90. The van der Waals surface area contributed by atoms with Crippen molar-refractivity contribution in [1.29, 1.82) is 0 Å². The van der Waals surface area contributed by atoms with Crippen LogP contribution in [0.1, 0.15) is 54.6 Å². The fraction of sp³-hybridized carbons (Fsp3) is 0.458. The van der Waals surface area contributed by atoms with Crippen molar-refractivity contribution in [3.8, 4) is 0 Å². The molecule has 2 heterocycles. The van der Waals surface area contributed by atoms with Crippen LogP contribution in [0.3, 0.4) is 0 Å². The highest BCUT2D eigenvalue weighted by atomic mass is 16.5. The first kappa shape index (κ1) is 24.5. The van der Waals surface area contributed by atoms with E-state index < -0.39 is 5.91 Å². The lowest BCUT2D eigenvalue weighted by molar-refractivity contribution is 0.100. The van der Waals surface area contributed by atoms with E-state index in [0.717, 1.165) is 47.2 Å². The summed E-state index contributed by atoms with van der Waals surface area (Å²) in [5, 5.41) is 3.24. The molecule has 0 aliphatic rings. The molecule has 7 heteroatoms. The molecule has 0 saturated carbocycles. The summed E-state index contributed by atoms with van der Waals surface area (Å²) >= 11 is 0. The van der Waals surface area contributed by atoms with Crippen LogP contribution in [0.4, 0.5) is 0 Å². The second-order valence-corrected chi connectivity index (χ2v) is 7.99. The Hall–Kier alpha value is -2.77. The highest BCUT2D eigenvalue weighted by Crippen LogP contribution is 2.17. The predicted octanol–water partition coefficient (Wildman–Crippen LogP) is 3.61. The Morgan fingerprint density at radius 2 is 1.94 bits per heavy atom. The number of nitrogens with one attached hydrogen (secondary N) is 2. The predicted molar refractivity (Wildman–Crippen MR) is 125 cm³/mol. The molecule has 31 heavy (non-hydrogen) atoms. The van der Waals surface area contributed by atoms with Crippen LogP contribution in [-0.4, -0.2) is 47.2 Å². The van der Waals surface area contributed by atoms with E-state index in [1.807, 2.05) is 39.1 Å². The van der Waals surface area contributed by atoms with Crippen molar-refractivity contribution in [3.63, 3.8) is 0 Å². The lowest BCUT2D eigenvalue weighted by Crippen LogP contribution is -2.31. The molecule has 0 saturated heterocycles. The maximum absolute atomic E-state index is 11.0. The van der Waals surface area contributed by atoms with Gasteiger partial charge in [0, 0.05) is 30.8 Å². The summed E-state index contributed by atoms with van der Waals surface area (Å²) in [5.74, 6) is 1.20. The summed E-state index contributed by atoms with van der Waals surface area (Å²) in [5.41, 5.74) is 9.63. The number of aromatic amines is 1. The number of aromatic nitrogens is 3. The number of amides is 1. The number of benzene rings is 1. The van der Waals surface area contributed by atoms with Crippen LogP contribution in [0.2, 0.25) is 0 Å². The number of hydrogen-bond acceptors (Lipinski definition) is 5. The lowest BCUT2D eigenvalue weighted by atomic mass is 10.0. The van der Waals surface area contributed by atoms with Gasteiger partial charge in [0.05, 0.1) is 23.3 Å². The molecule has 168 valence electrons. The number of rotatable bonds is 9. The van der Waals surface area contributed by atoms with E-state index in [9.17, 15) is 4.79 Å². The zero-order chi connectivity index (χ0) is 22.8. The van der Waals surface area contributed by atoms with Gasteiger partial charge in [-0.25, -0.2) is 4.98 Å². The number of ether oxygens (including phenoxy) is 1. The molecule has 1 aromatic carbocycles. The molecule has 0 unspecified atom stereocenters. The van der Waals surface area contributed by atoms with Crippen molar-refractivity contribution in [2.45, 2.75) is 46.6 Å². The van der Waals surface area contributed by atoms with E-state index in [0.29, 0.717) is 18.0 Å². The Morgan fingerprint density at radius 3 is 2.52 bits per heavy atom. The Labute approximate surface area is 184 Å². The number of likely N-dealkylation sites (N-methyl/N-ethyl adjacent to an activating group) is 1. The average Bonchev–Trinajstić information content (AvgIpc) is 3.13. The van der Waals surface area contributed by atoms with Gasteiger partial charge in [0.1, 0.15) is 5.82 Å². The molecule has 0 fully saturated rings. The van der Waals surface area contributed by atoms with Crippen molar-refractivity contribution in [2.75, 3.05) is 20.3 Å². The molecular weight excluding hydrogens is 390 g/mol. The van der Waals surface area contributed by atoms with Crippen LogP contribution in [0.5, 0.6) is 0 Å². The summed E-state index contributed by atoms with van der Waals surface area (Å²) < 4.78 is 5.32. The second kappa shape index (κ2) is 12.2. The highest BCUT2D eigenvalue weighted by molar-refractivity contribution is 5.92. The first-order valence-corrected chi connectivity index (χ1v) is 10.8. The van der Waals surface area contributed by atoms with Crippen LogP contribution in [-0.2, 0) is 11.2 Å². The average molecular weight is 426 g/mol. The van der Waals surface area contributed by atoms with Gasteiger partial charge in [0.2, 0.25) is 5.91 Å². The minimum atomic E-state index is -0.416. The maximum atomic E-state index is 11.0. The van der Waals surface area contributed by atoms with E-state index >= 15 is 0 Å². The second-order valence-electron chi connectivity index (χ2n) is 7.99. The van der Waals surface area contributed by atoms with Gasteiger partial charge in [-0.2, -0.15) is 0 Å². The smallest absolute Gasteiger partial charge is 0.248 e. The quantitative estimate of drug-likeness (QED) is 0.486. The van der Waals surface area contributed by atoms with Crippen molar-refractivity contribution < 1.29 is 9.53 Å². The number of carbonyl (C=O) groups excluding carboxylic acids is 1. The number of nitrogens with zero attached hydrogens (tertiary/aromatic N) is 2. The molecule has 0 aliphatic carbocycles. The third kappa shape index (κ3) is 7.77. The van der Waals surface area contributed by atoms with Gasteiger partial charge in [0.15, 0.2) is 0 Å². The summed E-state index contributed by atoms with van der Waals surface area (Å²) in [6.45, 7) is 10.1. The minimum absolute atomic E-state index is 0.416. The zero-order valence-corrected chi connectivity index (χ0v) is 19.2. The van der Waals surface area contributed by atoms with Gasteiger partial charge in [-0.1, -0.05) is 26.0 Å². The number of imidazole rings is 1. The van der Waals surface area contributed by atoms with Crippen molar-refractivity contribution in [2.24, 2.45) is 11.7 Å². The maximum Gasteiger partial charge on any atom is 0.248 e. The summed E-state index contributed by atoms with van der Waals surface area (Å²) in [7, 11) is 1.99. The summed E-state index contributed by atoms with van der Waals surface area (Å²) in [6, 6.07) is 9.66. The molecule has 1 atom stereocenters. The van der Waals surface area contributed by atoms with Crippen LogP contribution in [0.25, 0.3) is 11.0 Å². The Kier molecular flexibility index (Phi) is 9.62. The molecular formula is C24H35N5O2. The highest BCUT2D eigenvalue weighted by Gasteiger charge is 2.08. The van der Waals surface area contributed by atoms with Crippen molar-refractivity contribution in [3.05, 3.63) is 59.2 Å². The molecule has 7 nitrogen and oxygen atoms in total. The fourth-order valence-electron chi connectivity index (χ4n) is 3.33. The first-order chi connectivity index (χ1) is 14.8. The molecule has 0 aliphatic heterocycles. The van der Waals surface area contributed by atoms with Gasteiger partial charge < -0.3 is 20.8 Å². The topological polar surface area (TPSA) is 106 Å².